The van der Waals surface area contributed by atoms with Crippen molar-refractivity contribution in [1.29, 1.82) is 0 Å². The first-order valence-corrected chi connectivity index (χ1v) is 3.25. The Morgan fingerprint density at radius 1 is 1.70 bits per heavy atom. The molecule has 0 spiro atoms. The van der Waals surface area contributed by atoms with Gasteiger partial charge in [0.1, 0.15) is 6.73 Å². The van der Waals surface area contributed by atoms with E-state index in [1.807, 2.05) is 0 Å². The lowest BCUT2D eigenvalue weighted by atomic mass is 10.4. The van der Waals surface area contributed by atoms with Gasteiger partial charge in [-0.3, -0.25) is 4.90 Å². The minimum absolute atomic E-state index is 0.306. The third-order valence-corrected chi connectivity index (χ3v) is 1.40. The molecule has 0 aromatic rings. The van der Waals surface area contributed by atoms with Crippen molar-refractivity contribution in [3.8, 4) is 0 Å². The van der Waals surface area contributed by atoms with Gasteiger partial charge in [-0.25, -0.2) is 4.79 Å². The van der Waals surface area contributed by atoms with Crippen molar-refractivity contribution in [2.75, 3.05) is 27.0 Å². The van der Waals surface area contributed by atoms with Crippen LogP contribution < -0.4 is 0 Å². The number of hydrogen-bond acceptors (Lipinski definition) is 3. The van der Waals surface area contributed by atoms with Crippen molar-refractivity contribution < 1.29 is 14.3 Å². The van der Waals surface area contributed by atoms with Crippen LogP contribution in [0, 0.1) is 0 Å². The molecule has 0 aromatic heterocycles. The van der Waals surface area contributed by atoms with Gasteiger partial charge in [-0.1, -0.05) is 0 Å². The number of carbonyl (C=O) groups excluding carboxylic acids is 1. The largest absolute Gasteiger partial charge is 0.453 e. The van der Waals surface area contributed by atoms with Gasteiger partial charge >= 0.3 is 6.09 Å². The molecular formula is C6H11NO3. The molecule has 1 rings (SSSR count). The highest BCUT2D eigenvalue weighted by Crippen LogP contribution is 2.01. The van der Waals surface area contributed by atoms with Gasteiger partial charge in [-0.15, -0.1) is 0 Å². The first kappa shape index (κ1) is 7.34. The predicted molar refractivity (Wildman–Crippen MR) is 34.5 cm³/mol. The predicted octanol–water partition coefficient (Wildman–Crippen LogP) is 0.433. The number of rotatable bonds is 0. The molecule has 0 radical (unpaired) electrons. The average molecular weight is 145 g/mol. The summed E-state index contributed by atoms with van der Waals surface area (Å²) < 4.78 is 9.53. The number of carbonyl (C=O) groups is 1. The van der Waals surface area contributed by atoms with Crippen molar-refractivity contribution >= 4 is 6.09 Å². The highest BCUT2D eigenvalue weighted by molar-refractivity contribution is 5.67. The molecule has 4 nitrogen and oxygen atoms in total. The van der Waals surface area contributed by atoms with Gasteiger partial charge in [0.05, 0.1) is 13.7 Å². The van der Waals surface area contributed by atoms with E-state index in [9.17, 15) is 4.79 Å². The molecular weight excluding hydrogens is 134 g/mol. The van der Waals surface area contributed by atoms with E-state index in [4.69, 9.17) is 4.74 Å². The molecule has 1 amide bonds. The van der Waals surface area contributed by atoms with E-state index >= 15 is 0 Å². The molecule has 10 heavy (non-hydrogen) atoms. The zero-order valence-electron chi connectivity index (χ0n) is 6.00. The highest BCUT2D eigenvalue weighted by Gasteiger charge is 2.16. The summed E-state index contributed by atoms with van der Waals surface area (Å²) in [7, 11) is 1.37. The molecule has 0 bridgehead atoms. The minimum atomic E-state index is -0.306. The summed E-state index contributed by atoms with van der Waals surface area (Å²) in [6, 6.07) is 0. The third kappa shape index (κ3) is 1.60. The lowest BCUT2D eigenvalue weighted by molar-refractivity contribution is -0.00887. The van der Waals surface area contributed by atoms with Gasteiger partial charge in [-0.2, -0.15) is 0 Å². The Morgan fingerprint density at radius 3 is 3.00 bits per heavy atom. The Balaban J connectivity index is 2.31. The van der Waals surface area contributed by atoms with Crippen LogP contribution in [0.1, 0.15) is 6.42 Å². The van der Waals surface area contributed by atoms with Gasteiger partial charge in [0.15, 0.2) is 0 Å². The summed E-state index contributed by atoms with van der Waals surface area (Å²) in [5.74, 6) is 0. The molecule has 0 atom stereocenters. The molecule has 58 valence electrons. The summed E-state index contributed by atoms with van der Waals surface area (Å²) in [4.78, 5) is 12.3. The quantitative estimate of drug-likeness (QED) is 0.496. The smallest absolute Gasteiger partial charge is 0.411 e. The van der Waals surface area contributed by atoms with Crippen molar-refractivity contribution in [2.24, 2.45) is 0 Å². The standard InChI is InChI=1S/C6H11NO3/c1-9-6(8)7-3-2-4-10-5-7/h2-5H2,1H3. The van der Waals surface area contributed by atoms with Crippen LogP contribution in [0.4, 0.5) is 4.79 Å². The lowest BCUT2D eigenvalue weighted by Crippen LogP contribution is -2.37. The topological polar surface area (TPSA) is 38.8 Å². The van der Waals surface area contributed by atoms with E-state index in [2.05, 4.69) is 4.74 Å². The zero-order chi connectivity index (χ0) is 7.40. The minimum Gasteiger partial charge on any atom is -0.453 e. The van der Waals surface area contributed by atoms with E-state index in [0.717, 1.165) is 19.6 Å². The first-order valence-electron chi connectivity index (χ1n) is 3.25. The van der Waals surface area contributed by atoms with Crippen molar-refractivity contribution in [1.82, 2.24) is 4.90 Å². The van der Waals surface area contributed by atoms with Crippen LogP contribution >= 0.6 is 0 Å². The normalized spacial score (nSPS) is 18.7. The zero-order valence-corrected chi connectivity index (χ0v) is 6.00. The Kier molecular flexibility index (Phi) is 2.50. The van der Waals surface area contributed by atoms with Crippen molar-refractivity contribution in [3.05, 3.63) is 0 Å². The summed E-state index contributed by atoms with van der Waals surface area (Å²) >= 11 is 0. The Morgan fingerprint density at radius 2 is 2.50 bits per heavy atom. The second-order valence-corrected chi connectivity index (χ2v) is 2.12. The van der Waals surface area contributed by atoms with Crippen LogP contribution in [0.15, 0.2) is 0 Å². The van der Waals surface area contributed by atoms with E-state index in [1.54, 1.807) is 0 Å². The number of hydrogen-bond donors (Lipinski definition) is 0. The molecule has 0 unspecified atom stereocenters. The summed E-state index contributed by atoms with van der Waals surface area (Å²) in [5, 5.41) is 0. The van der Waals surface area contributed by atoms with Crippen LogP contribution in [0.2, 0.25) is 0 Å². The Labute approximate surface area is 59.7 Å². The fourth-order valence-electron chi connectivity index (χ4n) is 0.870. The number of amides is 1. The number of nitrogens with zero attached hydrogens (tertiary/aromatic N) is 1. The second-order valence-electron chi connectivity index (χ2n) is 2.12. The fourth-order valence-corrected chi connectivity index (χ4v) is 0.870. The fraction of sp³-hybridized carbons (Fsp3) is 0.833. The van der Waals surface area contributed by atoms with Crippen LogP contribution in [0.5, 0.6) is 0 Å². The van der Waals surface area contributed by atoms with Crippen LogP contribution in [0.3, 0.4) is 0 Å². The summed E-state index contributed by atoms with van der Waals surface area (Å²) in [5.41, 5.74) is 0. The number of ether oxygens (including phenoxy) is 2. The average Bonchev–Trinajstić information content (AvgIpc) is 2.05. The van der Waals surface area contributed by atoms with Gasteiger partial charge < -0.3 is 9.47 Å². The van der Waals surface area contributed by atoms with Crippen molar-refractivity contribution in [3.63, 3.8) is 0 Å². The molecule has 1 heterocycles. The van der Waals surface area contributed by atoms with Gasteiger partial charge in [0.25, 0.3) is 0 Å². The molecule has 1 aliphatic heterocycles. The number of methoxy groups -OCH3 is 1. The van der Waals surface area contributed by atoms with Gasteiger partial charge in [0.2, 0.25) is 0 Å². The molecule has 0 aromatic carbocycles. The molecule has 4 heteroatoms. The van der Waals surface area contributed by atoms with Crippen LogP contribution in [-0.2, 0) is 9.47 Å². The molecule has 1 aliphatic rings. The van der Waals surface area contributed by atoms with E-state index < -0.39 is 0 Å². The maximum Gasteiger partial charge on any atom is 0.411 e. The maximum absolute atomic E-state index is 10.8. The Bertz CT molecular complexity index is 120. The van der Waals surface area contributed by atoms with E-state index in [1.165, 1.54) is 12.0 Å². The Hall–Kier alpha value is -0.770. The maximum atomic E-state index is 10.8. The monoisotopic (exact) mass is 145 g/mol. The lowest BCUT2D eigenvalue weighted by Gasteiger charge is -2.24. The summed E-state index contributed by atoms with van der Waals surface area (Å²) in [6.07, 6.45) is 0.592. The second kappa shape index (κ2) is 3.41. The van der Waals surface area contributed by atoms with Crippen LogP contribution in [-0.4, -0.2) is 38.0 Å². The molecule has 0 saturated carbocycles. The first-order chi connectivity index (χ1) is 4.84. The highest BCUT2D eigenvalue weighted by atomic mass is 16.6. The van der Waals surface area contributed by atoms with E-state index in [-0.39, 0.29) is 6.09 Å². The van der Waals surface area contributed by atoms with Crippen LogP contribution in [0.25, 0.3) is 0 Å². The molecule has 1 fully saturated rings. The van der Waals surface area contributed by atoms with Crippen molar-refractivity contribution in [2.45, 2.75) is 6.42 Å². The van der Waals surface area contributed by atoms with E-state index in [0.29, 0.717) is 6.73 Å². The SMILES string of the molecule is COC(=O)N1CCCOC1. The summed E-state index contributed by atoms with van der Waals surface area (Å²) in [6.45, 7) is 1.85. The van der Waals surface area contributed by atoms with Gasteiger partial charge in [0, 0.05) is 6.54 Å². The third-order valence-electron chi connectivity index (χ3n) is 1.40. The van der Waals surface area contributed by atoms with Gasteiger partial charge in [-0.05, 0) is 6.42 Å². The molecule has 1 saturated heterocycles. The molecule has 0 aliphatic carbocycles. The molecule has 0 N–H and O–H groups in total.